The minimum atomic E-state index is -0.905. The van der Waals surface area contributed by atoms with Gasteiger partial charge in [-0.1, -0.05) is 13.0 Å². The van der Waals surface area contributed by atoms with Crippen molar-refractivity contribution in [1.29, 1.82) is 0 Å². The van der Waals surface area contributed by atoms with Crippen LogP contribution in [-0.2, 0) is 6.42 Å². The number of aryl methyl sites for hydroxylation is 1. The van der Waals surface area contributed by atoms with Crippen molar-refractivity contribution in [2.45, 2.75) is 19.8 Å². The molecule has 5 heteroatoms. The number of hydrogen-bond acceptors (Lipinski definition) is 3. The Balaban J connectivity index is 2.06. The molecule has 0 amide bonds. The molecule has 2 rings (SSSR count). The Hall–Kier alpha value is -1.75. The highest BCUT2D eigenvalue weighted by Gasteiger charge is 2.13. The summed E-state index contributed by atoms with van der Waals surface area (Å²) in [7, 11) is 0. The predicted molar refractivity (Wildman–Crippen MR) is 68.7 cm³/mol. The van der Waals surface area contributed by atoms with E-state index in [1.807, 2.05) is 6.92 Å². The fourth-order valence-corrected chi connectivity index (χ4v) is 1.79. The van der Waals surface area contributed by atoms with E-state index in [0.29, 0.717) is 12.3 Å². The Labute approximate surface area is 110 Å². The van der Waals surface area contributed by atoms with Crippen molar-refractivity contribution in [3.8, 4) is 11.3 Å². The van der Waals surface area contributed by atoms with Crippen molar-refractivity contribution < 1.29 is 13.2 Å². The Kier molecular flexibility index (Phi) is 4.63. The molecule has 2 aromatic rings. The average molecular weight is 266 g/mol. The van der Waals surface area contributed by atoms with E-state index in [1.165, 1.54) is 18.3 Å². The van der Waals surface area contributed by atoms with E-state index in [4.69, 9.17) is 4.42 Å². The van der Waals surface area contributed by atoms with Gasteiger partial charge in [-0.3, -0.25) is 0 Å². The van der Waals surface area contributed by atoms with Crippen LogP contribution in [0.3, 0.4) is 0 Å². The van der Waals surface area contributed by atoms with Crippen LogP contribution in [0.2, 0.25) is 0 Å². The Morgan fingerprint density at radius 3 is 2.95 bits per heavy atom. The molecule has 0 unspecified atom stereocenters. The molecule has 0 radical (unpaired) electrons. The molecule has 1 N–H and O–H groups in total. The molecule has 0 atom stereocenters. The molecule has 0 fully saturated rings. The second-order valence-electron chi connectivity index (χ2n) is 4.18. The molecular formula is C14H16F2N2O. The van der Waals surface area contributed by atoms with Crippen LogP contribution >= 0.6 is 0 Å². The van der Waals surface area contributed by atoms with Gasteiger partial charge in [-0.2, -0.15) is 0 Å². The molecule has 0 aliphatic rings. The van der Waals surface area contributed by atoms with E-state index in [-0.39, 0.29) is 11.3 Å². The Morgan fingerprint density at radius 1 is 1.32 bits per heavy atom. The van der Waals surface area contributed by atoms with Crippen molar-refractivity contribution in [1.82, 2.24) is 10.3 Å². The summed E-state index contributed by atoms with van der Waals surface area (Å²) in [6.45, 7) is 3.84. The van der Waals surface area contributed by atoms with Gasteiger partial charge >= 0.3 is 0 Å². The highest BCUT2D eigenvalue weighted by atomic mass is 19.2. The number of aromatic nitrogens is 1. The van der Waals surface area contributed by atoms with Crippen LogP contribution in [0, 0.1) is 11.6 Å². The highest BCUT2D eigenvalue weighted by Crippen LogP contribution is 2.25. The molecule has 102 valence electrons. The smallest absolute Gasteiger partial charge is 0.194 e. The number of hydrogen-bond donors (Lipinski definition) is 1. The zero-order chi connectivity index (χ0) is 13.7. The number of oxazole rings is 1. The summed E-state index contributed by atoms with van der Waals surface area (Å²) in [6.07, 6.45) is 2.99. The third-order valence-electron chi connectivity index (χ3n) is 2.76. The largest absolute Gasteiger partial charge is 0.441 e. The van der Waals surface area contributed by atoms with Crippen molar-refractivity contribution in [2.75, 3.05) is 13.1 Å². The summed E-state index contributed by atoms with van der Waals surface area (Å²) in [4.78, 5) is 4.08. The predicted octanol–water partition coefficient (Wildman–Crippen LogP) is 3.16. The first-order chi connectivity index (χ1) is 9.22. The lowest BCUT2D eigenvalue weighted by Gasteiger charge is -2.00. The molecule has 1 heterocycles. The minimum Gasteiger partial charge on any atom is -0.441 e. The maximum absolute atomic E-state index is 13.6. The molecular weight excluding hydrogens is 250 g/mol. The van der Waals surface area contributed by atoms with Gasteiger partial charge in [0, 0.05) is 6.42 Å². The van der Waals surface area contributed by atoms with Crippen LogP contribution in [0.4, 0.5) is 8.78 Å². The topological polar surface area (TPSA) is 38.1 Å². The van der Waals surface area contributed by atoms with Crippen LogP contribution in [0.25, 0.3) is 11.3 Å². The van der Waals surface area contributed by atoms with Crippen LogP contribution in [-0.4, -0.2) is 18.1 Å². The number of halogens is 2. The lowest BCUT2D eigenvalue weighted by atomic mass is 10.2. The fraction of sp³-hybridized carbons (Fsp3) is 0.357. The van der Waals surface area contributed by atoms with Crippen molar-refractivity contribution in [2.24, 2.45) is 0 Å². The standard InChI is InChI=1S/C14H16F2N2O/c1-2-17-8-4-7-13-18-9-12(19-13)10-5-3-6-11(15)14(10)16/h3,5-6,9,17H,2,4,7-8H2,1H3. The molecule has 0 aliphatic heterocycles. The van der Waals surface area contributed by atoms with Crippen molar-refractivity contribution >= 4 is 0 Å². The zero-order valence-corrected chi connectivity index (χ0v) is 10.7. The summed E-state index contributed by atoms with van der Waals surface area (Å²) >= 11 is 0. The van der Waals surface area contributed by atoms with Gasteiger partial charge in [-0.25, -0.2) is 13.8 Å². The normalized spacial score (nSPS) is 10.9. The summed E-state index contributed by atoms with van der Waals surface area (Å²) in [5.41, 5.74) is 0.102. The molecule has 0 saturated heterocycles. The summed E-state index contributed by atoms with van der Waals surface area (Å²) in [5.74, 6) is -0.993. The van der Waals surface area contributed by atoms with Gasteiger partial charge in [-0.05, 0) is 31.6 Å². The lowest BCUT2D eigenvalue weighted by Crippen LogP contribution is -2.14. The second-order valence-corrected chi connectivity index (χ2v) is 4.18. The third kappa shape index (κ3) is 3.38. The van der Waals surface area contributed by atoms with E-state index in [0.717, 1.165) is 25.6 Å². The zero-order valence-electron chi connectivity index (χ0n) is 10.7. The molecule has 0 saturated carbocycles. The van der Waals surface area contributed by atoms with Crippen molar-refractivity contribution in [3.05, 3.63) is 41.9 Å². The summed E-state index contributed by atoms with van der Waals surface area (Å²) in [6, 6.07) is 4.00. The Bertz CT molecular complexity index is 540. The van der Waals surface area contributed by atoms with Gasteiger partial charge in [0.2, 0.25) is 0 Å². The highest BCUT2D eigenvalue weighted by molar-refractivity contribution is 5.57. The van der Waals surface area contributed by atoms with Gasteiger partial charge < -0.3 is 9.73 Å². The molecule has 1 aromatic carbocycles. The first kappa shape index (κ1) is 13.7. The van der Waals surface area contributed by atoms with Crippen LogP contribution in [0.1, 0.15) is 19.2 Å². The van der Waals surface area contributed by atoms with Gasteiger partial charge in [-0.15, -0.1) is 0 Å². The van der Waals surface area contributed by atoms with E-state index in [9.17, 15) is 8.78 Å². The van der Waals surface area contributed by atoms with E-state index < -0.39 is 11.6 Å². The molecule has 0 spiro atoms. The molecule has 0 aliphatic carbocycles. The minimum absolute atomic E-state index is 0.102. The van der Waals surface area contributed by atoms with Crippen LogP contribution in [0.15, 0.2) is 28.8 Å². The summed E-state index contributed by atoms with van der Waals surface area (Å²) in [5, 5.41) is 3.19. The molecule has 0 bridgehead atoms. The van der Waals surface area contributed by atoms with Gasteiger partial charge in [0.15, 0.2) is 23.3 Å². The van der Waals surface area contributed by atoms with E-state index in [2.05, 4.69) is 10.3 Å². The van der Waals surface area contributed by atoms with Gasteiger partial charge in [0.05, 0.1) is 11.8 Å². The second kappa shape index (κ2) is 6.43. The third-order valence-corrected chi connectivity index (χ3v) is 2.76. The maximum atomic E-state index is 13.6. The first-order valence-electron chi connectivity index (χ1n) is 6.32. The molecule has 3 nitrogen and oxygen atoms in total. The molecule has 1 aromatic heterocycles. The van der Waals surface area contributed by atoms with E-state index in [1.54, 1.807) is 0 Å². The van der Waals surface area contributed by atoms with Crippen molar-refractivity contribution in [3.63, 3.8) is 0 Å². The number of rotatable bonds is 6. The monoisotopic (exact) mass is 266 g/mol. The number of benzene rings is 1. The average Bonchev–Trinajstić information content (AvgIpc) is 2.87. The van der Waals surface area contributed by atoms with Gasteiger partial charge in [0.25, 0.3) is 0 Å². The lowest BCUT2D eigenvalue weighted by molar-refractivity contribution is 0.480. The van der Waals surface area contributed by atoms with Crippen LogP contribution < -0.4 is 5.32 Å². The van der Waals surface area contributed by atoms with Crippen LogP contribution in [0.5, 0.6) is 0 Å². The SMILES string of the molecule is CCNCCCc1ncc(-c2cccc(F)c2F)o1. The fourth-order valence-electron chi connectivity index (χ4n) is 1.79. The Morgan fingerprint density at radius 2 is 2.16 bits per heavy atom. The number of nitrogens with zero attached hydrogens (tertiary/aromatic N) is 1. The number of nitrogens with one attached hydrogen (secondary N) is 1. The van der Waals surface area contributed by atoms with E-state index >= 15 is 0 Å². The molecule has 19 heavy (non-hydrogen) atoms. The quantitative estimate of drug-likeness (QED) is 0.816. The first-order valence-corrected chi connectivity index (χ1v) is 6.32. The van der Waals surface area contributed by atoms with Gasteiger partial charge in [0.1, 0.15) is 0 Å². The summed E-state index contributed by atoms with van der Waals surface area (Å²) < 4.78 is 32.1. The maximum Gasteiger partial charge on any atom is 0.194 e.